The van der Waals surface area contributed by atoms with Gasteiger partial charge in [-0.3, -0.25) is 5.43 Å². The molecule has 4 nitrogen and oxygen atoms in total. The van der Waals surface area contributed by atoms with E-state index in [4.69, 9.17) is 5.26 Å². The van der Waals surface area contributed by atoms with Gasteiger partial charge in [-0.1, -0.05) is 0 Å². The molecule has 0 bridgehead atoms. The van der Waals surface area contributed by atoms with Crippen molar-refractivity contribution in [3.8, 4) is 6.07 Å². The van der Waals surface area contributed by atoms with Gasteiger partial charge in [0.1, 0.15) is 6.04 Å². The van der Waals surface area contributed by atoms with Gasteiger partial charge >= 0.3 is 0 Å². The molecule has 0 radical (unpaired) electrons. The largest absolute Gasteiger partial charge is 0.257 e. The molecular formula is C3H5N3O. The minimum atomic E-state index is -0.475. The van der Waals surface area contributed by atoms with Crippen LogP contribution in [0.2, 0.25) is 0 Å². The van der Waals surface area contributed by atoms with Gasteiger partial charge < -0.3 is 0 Å². The maximum absolute atomic E-state index is 9.26. The first-order chi connectivity index (χ1) is 3.31. The molecule has 1 N–H and O–H groups in total. The lowest BCUT2D eigenvalue weighted by Gasteiger charge is -1.91. The van der Waals surface area contributed by atoms with Crippen molar-refractivity contribution in [2.75, 3.05) is 0 Å². The van der Waals surface area contributed by atoms with Crippen LogP contribution in [-0.2, 0) is 0 Å². The first kappa shape index (κ1) is 5.89. The zero-order valence-corrected chi connectivity index (χ0v) is 3.88. The van der Waals surface area contributed by atoms with Gasteiger partial charge in [0.15, 0.2) is 0 Å². The van der Waals surface area contributed by atoms with E-state index >= 15 is 0 Å². The van der Waals surface area contributed by atoms with E-state index in [9.17, 15) is 4.91 Å². The van der Waals surface area contributed by atoms with Gasteiger partial charge in [0.05, 0.1) is 11.4 Å². The molecule has 0 saturated heterocycles. The minimum Gasteiger partial charge on any atom is -0.257 e. The summed E-state index contributed by atoms with van der Waals surface area (Å²) in [6, 6.07) is 1.29. The quantitative estimate of drug-likeness (QED) is 0.396. The molecule has 0 spiro atoms. The van der Waals surface area contributed by atoms with Crippen molar-refractivity contribution in [1.29, 1.82) is 5.26 Å². The van der Waals surface area contributed by atoms with Crippen LogP contribution >= 0.6 is 0 Å². The Morgan fingerprint density at radius 3 is 2.71 bits per heavy atom. The number of nitroso groups, excluding NO2 is 1. The third-order valence-corrected chi connectivity index (χ3v) is 0.440. The lowest BCUT2D eigenvalue weighted by atomic mass is 10.4. The average Bonchev–Trinajstić information content (AvgIpc) is 1.68. The zero-order chi connectivity index (χ0) is 5.70. The summed E-state index contributed by atoms with van der Waals surface area (Å²) in [7, 11) is 0. The smallest absolute Gasteiger partial charge is 0.131 e. The maximum atomic E-state index is 9.26. The van der Waals surface area contributed by atoms with Crippen LogP contribution in [0.4, 0.5) is 0 Å². The molecule has 0 amide bonds. The minimum absolute atomic E-state index is 0.475. The van der Waals surface area contributed by atoms with E-state index in [2.05, 4.69) is 5.29 Å². The average molecular weight is 99.1 g/mol. The summed E-state index contributed by atoms with van der Waals surface area (Å²) in [6.45, 7) is 1.54. The molecule has 0 aliphatic rings. The topological polar surface area (TPSA) is 65.2 Å². The van der Waals surface area contributed by atoms with E-state index in [0.29, 0.717) is 0 Å². The predicted molar refractivity (Wildman–Crippen MR) is 24.0 cm³/mol. The summed E-state index contributed by atoms with van der Waals surface area (Å²) in [5.41, 5.74) is 2.00. The summed E-state index contributed by atoms with van der Waals surface area (Å²) in [6.07, 6.45) is 0. The fourth-order valence-corrected chi connectivity index (χ4v) is 0.108. The summed E-state index contributed by atoms with van der Waals surface area (Å²) >= 11 is 0. The van der Waals surface area contributed by atoms with Crippen molar-refractivity contribution >= 4 is 0 Å². The second-order valence-electron chi connectivity index (χ2n) is 1.07. The fourth-order valence-electron chi connectivity index (χ4n) is 0.108. The molecule has 1 unspecified atom stereocenters. The molecule has 0 rings (SSSR count). The van der Waals surface area contributed by atoms with Gasteiger partial charge in [0, 0.05) is 0 Å². The molecule has 0 aromatic carbocycles. The van der Waals surface area contributed by atoms with Crippen LogP contribution in [0.25, 0.3) is 0 Å². The van der Waals surface area contributed by atoms with Crippen LogP contribution in [0.1, 0.15) is 6.92 Å². The molecule has 0 aliphatic heterocycles. The highest BCUT2D eigenvalue weighted by atomic mass is 16.3. The number of nitrogens with one attached hydrogen (secondary N) is 1. The second kappa shape index (κ2) is 3.09. The number of nitrogens with zero attached hydrogens (tertiary/aromatic N) is 2. The Labute approximate surface area is 41.1 Å². The van der Waals surface area contributed by atoms with Gasteiger partial charge in [-0.15, -0.1) is 4.91 Å². The van der Waals surface area contributed by atoms with Gasteiger partial charge in [-0.25, -0.2) is 0 Å². The Balaban J connectivity index is 3.21. The van der Waals surface area contributed by atoms with Crippen molar-refractivity contribution in [1.82, 2.24) is 5.43 Å². The van der Waals surface area contributed by atoms with E-state index < -0.39 is 6.04 Å². The second-order valence-corrected chi connectivity index (χ2v) is 1.07. The monoisotopic (exact) mass is 99.0 g/mol. The van der Waals surface area contributed by atoms with Crippen LogP contribution in [0, 0.1) is 16.2 Å². The molecule has 0 aromatic heterocycles. The summed E-state index contributed by atoms with van der Waals surface area (Å²) < 4.78 is 0. The summed E-state index contributed by atoms with van der Waals surface area (Å²) in [5.74, 6) is 0. The predicted octanol–water partition coefficient (Wildman–Crippen LogP) is 0.169. The van der Waals surface area contributed by atoms with E-state index in [1.807, 2.05) is 5.43 Å². The van der Waals surface area contributed by atoms with Gasteiger partial charge in [0.25, 0.3) is 0 Å². The van der Waals surface area contributed by atoms with E-state index in [1.165, 1.54) is 0 Å². The zero-order valence-electron chi connectivity index (χ0n) is 3.88. The number of hydrogen-bond acceptors (Lipinski definition) is 3. The number of hydrogen-bond donors (Lipinski definition) is 1. The molecule has 38 valence electrons. The first-order valence-electron chi connectivity index (χ1n) is 1.78. The number of rotatable bonds is 2. The Morgan fingerprint density at radius 2 is 2.57 bits per heavy atom. The Morgan fingerprint density at radius 1 is 2.00 bits per heavy atom. The van der Waals surface area contributed by atoms with E-state index in [-0.39, 0.29) is 0 Å². The summed E-state index contributed by atoms with van der Waals surface area (Å²) in [5, 5.41) is 10.2. The molecular weight excluding hydrogens is 94.1 g/mol. The standard InChI is InChI=1S/C3H5N3O/c1-3(2-4)5-6-7/h3H,1H3,(H,5,7). The van der Waals surface area contributed by atoms with Gasteiger partial charge in [-0.05, 0) is 6.92 Å². The molecule has 0 aliphatic carbocycles. The van der Waals surface area contributed by atoms with Crippen molar-refractivity contribution in [2.45, 2.75) is 13.0 Å². The third kappa shape index (κ3) is 2.70. The molecule has 0 heterocycles. The van der Waals surface area contributed by atoms with Gasteiger partial charge in [0.2, 0.25) is 0 Å². The number of nitriles is 1. The first-order valence-corrected chi connectivity index (χ1v) is 1.78. The van der Waals surface area contributed by atoms with E-state index in [0.717, 1.165) is 0 Å². The van der Waals surface area contributed by atoms with Crippen LogP contribution in [0.15, 0.2) is 5.29 Å². The molecule has 1 atom stereocenters. The van der Waals surface area contributed by atoms with Crippen LogP contribution < -0.4 is 5.43 Å². The molecule has 0 aromatic rings. The van der Waals surface area contributed by atoms with Gasteiger partial charge in [-0.2, -0.15) is 5.26 Å². The molecule has 0 fully saturated rings. The lowest BCUT2D eigenvalue weighted by Crippen LogP contribution is -2.16. The highest BCUT2D eigenvalue weighted by molar-refractivity contribution is 4.83. The lowest BCUT2D eigenvalue weighted by molar-refractivity contribution is 0.676. The third-order valence-electron chi connectivity index (χ3n) is 0.440. The Hall–Kier alpha value is -1.11. The molecule has 4 heteroatoms. The maximum Gasteiger partial charge on any atom is 0.131 e. The SMILES string of the molecule is CC(C#N)NN=O. The normalized spacial score (nSPS) is 11.4. The van der Waals surface area contributed by atoms with Crippen molar-refractivity contribution in [3.63, 3.8) is 0 Å². The Kier molecular flexibility index (Phi) is 2.60. The van der Waals surface area contributed by atoms with Crippen LogP contribution in [0.3, 0.4) is 0 Å². The summed E-state index contributed by atoms with van der Waals surface area (Å²) in [4.78, 5) is 9.26. The molecule has 7 heavy (non-hydrogen) atoms. The fraction of sp³-hybridized carbons (Fsp3) is 0.667. The highest BCUT2D eigenvalue weighted by Gasteiger charge is 1.91. The van der Waals surface area contributed by atoms with Crippen molar-refractivity contribution in [2.24, 2.45) is 5.29 Å². The Bertz CT molecular complexity index is 94.8. The highest BCUT2D eigenvalue weighted by Crippen LogP contribution is 1.72. The molecule has 0 saturated carbocycles. The van der Waals surface area contributed by atoms with Crippen molar-refractivity contribution in [3.05, 3.63) is 4.91 Å². The van der Waals surface area contributed by atoms with Crippen molar-refractivity contribution < 1.29 is 0 Å². The van der Waals surface area contributed by atoms with Crippen LogP contribution in [0.5, 0.6) is 0 Å². The van der Waals surface area contributed by atoms with Crippen LogP contribution in [-0.4, -0.2) is 6.04 Å². The van der Waals surface area contributed by atoms with E-state index in [1.54, 1.807) is 13.0 Å².